The largest absolute Gasteiger partial charge is 0.394 e. The summed E-state index contributed by atoms with van der Waals surface area (Å²) in [7, 11) is -2.83. The minimum atomic E-state index is -2.83. The van der Waals surface area contributed by atoms with Crippen molar-refractivity contribution in [2.24, 2.45) is 0 Å². The van der Waals surface area contributed by atoms with Crippen LogP contribution in [0.2, 0.25) is 0 Å². The van der Waals surface area contributed by atoms with E-state index in [2.05, 4.69) is 17.1 Å². The van der Waals surface area contributed by atoms with Crippen LogP contribution in [0.4, 0.5) is 0 Å². The molecule has 1 heterocycles. The Kier molecular flexibility index (Phi) is 4.87. The lowest BCUT2D eigenvalue weighted by molar-refractivity contribution is 0.147. The standard InChI is InChI=1S/C13H26N2O3S/c1-2-14-13(11-16)5-4-12(10-13)15-6-3-8-19(17,18)9-7-15/h12,14,16H,2-11H2,1H3. The highest BCUT2D eigenvalue weighted by molar-refractivity contribution is 7.91. The Morgan fingerprint density at radius 1 is 1.37 bits per heavy atom. The number of sulfone groups is 1. The Balaban J connectivity index is 1.96. The average Bonchev–Trinajstić information content (AvgIpc) is 2.70. The van der Waals surface area contributed by atoms with Crippen molar-refractivity contribution in [3.63, 3.8) is 0 Å². The number of aliphatic hydroxyl groups excluding tert-OH is 1. The van der Waals surface area contributed by atoms with Gasteiger partial charge in [-0.2, -0.15) is 0 Å². The number of hydrogen-bond donors (Lipinski definition) is 2. The maximum absolute atomic E-state index is 11.6. The van der Waals surface area contributed by atoms with E-state index >= 15 is 0 Å². The van der Waals surface area contributed by atoms with Crippen LogP contribution in [0.5, 0.6) is 0 Å². The fourth-order valence-electron chi connectivity index (χ4n) is 3.47. The zero-order valence-electron chi connectivity index (χ0n) is 11.8. The van der Waals surface area contributed by atoms with Gasteiger partial charge in [0.1, 0.15) is 0 Å². The van der Waals surface area contributed by atoms with Gasteiger partial charge in [0, 0.05) is 18.1 Å². The summed E-state index contributed by atoms with van der Waals surface area (Å²) in [4.78, 5) is 2.32. The molecule has 6 heteroatoms. The molecule has 0 amide bonds. The molecule has 0 radical (unpaired) electrons. The summed E-state index contributed by atoms with van der Waals surface area (Å²) < 4.78 is 23.3. The van der Waals surface area contributed by atoms with E-state index in [9.17, 15) is 13.5 Å². The van der Waals surface area contributed by atoms with E-state index in [4.69, 9.17) is 0 Å². The topological polar surface area (TPSA) is 69.6 Å². The van der Waals surface area contributed by atoms with E-state index in [0.717, 1.165) is 38.8 Å². The molecule has 0 bridgehead atoms. The van der Waals surface area contributed by atoms with Gasteiger partial charge in [0.05, 0.1) is 18.1 Å². The summed E-state index contributed by atoms with van der Waals surface area (Å²) in [6.07, 6.45) is 3.70. The number of nitrogens with zero attached hydrogens (tertiary/aromatic N) is 1. The van der Waals surface area contributed by atoms with Gasteiger partial charge in [0.25, 0.3) is 0 Å². The molecule has 2 atom stereocenters. The fourth-order valence-corrected chi connectivity index (χ4v) is 4.75. The summed E-state index contributed by atoms with van der Waals surface area (Å²) in [5, 5.41) is 13.0. The fraction of sp³-hybridized carbons (Fsp3) is 1.00. The summed E-state index contributed by atoms with van der Waals surface area (Å²) in [5.41, 5.74) is -0.148. The molecule has 2 N–H and O–H groups in total. The highest BCUT2D eigenvalue weighted by atomic mass is 32.2. The van der Waals surface area contributed by atoms with Crippen LogP contribution in [0, 0.1) is 0 Å². The molecule has 2 unspecified atom stereocenters. The van der Waals surface area contributed by atoms with Crippen LogP contribution in [-0.2, 0) is 9.84 Å². The smallest absolute Gasteiger partial charge is 0.151 e. The van der Waals surface area contributed by atoms with Gasteiger partial charge in [-0.15, -0.1) is 0 Å². The highest BCUT2D eigenvalue weighted by Gasteiger charge is 2.40. The van der Waals surface area contributed by atoms with Crippen molar-refractivity contribution in [1.29, 1.82) is 0 Å². The third kappa shape index (κ3) is 3.68. The number of rotatable bonds is 4. The molecule has 1 saturated carbocycles. The molecule has 0 aromatic carbocycles. The van der Waals surface area contributed by atoms with Crippen LogP contribution in [0.3, 0.4) is 0 Å². The zero-order chi connectivity index (χ0) is 13.9. The molecule has 112 valence electrons. The summed E-state index contributed by atoms with van der Waals surface area (Å²) in [5.74, 6) is 0.616. The Labute approximate surface area is 116 Å². The summed E-state index contributed by atoms with van der Waals surface area (Å²) in [6, 6.07) is 0.416. The molecule has 0 spiro atoms. The number of hydrogen-bond acceptors (Lipinski definition) is 5. The van der Waals surface area contributed by atoms with Gasteiger partial charge < -0.3 is 10.4 Å². The normalized spacial score (nSPS) is 36.2. The lowest BCUT2D eigenvalue weighted by Crippen LogP contribution is -2.48. The molecular weight excluding hydrogens is 264 g/mol. The van der Waals surface area contributed by atoms with Gasteiger partial charge in [-0.1, -0.05) is 6.92 Å². The molecule has 1 saturated heterocycles. The van der Waals surface area contributed by atoms with Crippen LogP contribution >= 0.6 is 0 Å². The molecule has 1 aliphatic heterocycles. The van der Waals surface area contributed by atoms with Gasteiger partial charge in [0.15, 0.2) is 9.84 Å². The van der Waals surface area contributed by atoms with Crippen molar-refractivity contribution in [1.82, 2.24) is 10.2 Å². The lowest BCUT2D eigenvalue weighted by Gasteiger charge is -2.31. The first-order valence-electron chi connectivity index (χ1n) is 7.31. The second kappa shape index (κ2) is 6.08. The Hall–Kier alpha value is -0.170. The number of nitrogens with one attached hydrogen (secondary N) is 1. The second-order valence-electron chi connectivity index (χ2n) is 5.91. The van der Waals surface area contributed by atoms with Crippen molar-refractivity contribution in [3.05, 3.63) is 0 Å². The first-order valence-corrected chi connectivity index (χ1v) is 9.13. The highest BCUT2D eigenvalue weighted by Crippen LogP contribution is 2.33. The predicted octanol–water partition coefficient (Wildman–Crippen LogP) is 0.000000000000000666. The lowest BCUT2D eigenvalue weighted by atomic mass is 9.98. The maximum atomic E-state index is 11.6. The number of aliphatic hydroxyl groups is 1. The van der Waals surface area contributed by atoms with E-state index in [1.807, 2.05) is 0 Å². The Bertz CT molecular complexity index is 399. The van der Waals surface area contributed by atoms with E-state index in [-0.39, 0.29) is 17.9 Å². The van der Waals surface area contributed by atoms with E-state index in [0.29, 0.717) is 18.3 Å². The van der Waals surface area contributed by atoms with E-state index < -0.39 is 9.84 Å². The van der Waals surface area contributed by atoms with Crippen LogP contribution in [-0.4, -0.2) is 67.8 Å². The molecule has 2 fully saturated rings. The third-order valence-corrected chi connectivity index (χ3v) is 6.26. The van der Waals surface area contributed by atoms with E-state index in [1.54, 1.807) is 0 Å². The van der Waals surface area contributed by atoms with Crippen LogP contribution < -0.4 is 5.32 Å². The Morgan fingerprint density at radius 3 is 2.84 bits per heavy atom. The van der Waals surface area contributed by atoms with Gasteiger partial charge in [0.2, 0.25) is 0 Å². The van der Waals surface area contributed by atoms with Crippen LogP contribution in [0.25, 0.3) is 0 Å². The van der Waals surface area contributed by atoms with Gasteiger partial charge in [-0.25, -0.2) is 8.42 Å². The van der Waals surface area contributed by atoms with Crippen LogP contribution in [0.1, 0.15) is 32.6 Å². The summed E-state index contributed by atoms with van der Waals surface area (Å²) >= 11 is 0. The number of likely N-dealkylation sites (N-methyl/N-ethyl adjacent to an activating group) is 1. The SMILES string of the molecule is CCNC1(CO)CCC(N2CCCS(=O)(=O)CC2)C1. The molecule has 5 nitrogen and oxygen atoms in total. The second-order valence-corrected chi connectivity index (χ2v) is 8.21. The van der Waals surface area contributed by atoms with Gasteiger partial charge >= 0.3 is 0 Å². The molecule has 2 aliphatic rings. The quantitative estimate of drug-likeness (QED) is 0.763. The van der Waals surface area contributed by atoms with Crippen molar-refractivity contribution < 1.29 is 13.5 Å². The molecular formula is C13H26N2O3S. The summed E-state index contributed by atoms with van der Waals surface area (Å²) in [6.45, 7) is 4.62. The van der Waals surface area contributed by atoms with Crippen molar-refractivity contribution in [2.45, 2.75) is 44.2 Å². The minimum absolute atomic E-state index is 0.148. The third-order valence-electron chi connectivity index (χ3n) is 4.54. The molecule has 0 aromatic heterocycles. The van der Waals surface area contributed by atoms with Gasteiger partial charge in [-0.3, -0.25) is 4.90 Å². The predicted molar refractivity (Wildman–Crippen MR) is 76.0 cm³/mol. The Morgan fingerprint density at radius 2 is 2.16 bits per heavy atom. The van der Waals surface area contributed by atoms with Crippen molar-refractivity contribution in [3.8, 4) is 0 Å². The van der Waals surface area contributed by atoms with Gasteiger partial charge in [-0.05, 0) is 38.8 Å². The average molecular weight is 290 g/mol. The monoisotopic (exact) mass is 290 g/mol. The minimum Gasteiger partial charge on any atom is -0.394 e. The molecule has 19 heavy (non-hydrogen) atoms. The maximum Gasteiger partial charge on any atom is 0.151 e. The first kappa shape index (κ1) is 15.2. The van der Waals surface area contributed by atoms with E-state index in [1.165, 1.54) is 0 Å². The van der Waals surface area contributed by atoms with Crippen molar-refractivity contribution in [2.75, 3.05) is 37.7 Å². The zero-order valence-corrected chi connectivity index (χ0v) is 12.6. The van der Waals surface area contributed by atoms with Crippen LogP contribution in [0.15, 0.2) is 0 Å². The van der Waals surface area contributed by atoms with Crippen molar-refractivity contribution >= 4 is 9.84 Å². The molecule has 0 aromatic rings. The molecule has 2 rings (SSSR count). The molecule has 1 aliphatic carbocycles. The first-order chi connectivity index (χ1) is 9.00.